The van der Waals surface area contributed by atoms with Crippen LogP contribution in [-0.2, 0) is 19.6 Å². The Balaban J connectivity index is 2.09. The predicted octanol–water partition coefficient (Wildman–Crippen LogP) is 1.38. The molecule has 0 unspecified atom stereocenters. The molecule has 1 aliphatic heterocycles. The first-order valence-corrected chi connectivity index (χ1v) is 10.0. The number of rotatable bonds is 7. The molecule has 0 radical (unpaired) electrons. The minimum Gasteiger partial charge on any atom is -0.491 e. The number of nitrogens with zero attached hydrogens (tertiary/aromatic N) is 1. The summed E-state index contributed by atoms with van der Waals surface area (Å²) in [7, 11) is -2.59. The number of aliphatic hydroxyl groups excluding tert-OH is 1. The second kappa shape index (κ2) is 9.46. The maximum atomic E-state index is 12.7. The van der Waals surface area contributed by atoms with E-state index in [1.165, 1.54) is 11.4 Å². The van der Waals surface area contributed by atoms with Gasteiger partial charge in [0.15, 0.2) is 5.76 Å². The highest BCUT2D eigenvalue weighted by Crippen LogP contribution is 2.28. The third-order valence-corrected chi connectivity index (χ3v) is 6.06. The highest BCUT2D eigenvalue weighted by atomic mass is 32.2. The fraction of sp³-hybridized carbons (Fsp3) is 0.471. The molecule has 1 heterocycles. The van der Waals surface area contributed by atoms with E-state index in [4.69, 9.17) is 9.84 Å². The number of aliphatic hydroxyl groups is 1. The molecule has 0 bridgehead atoms. The first-order valence-electron chi connectivity index (χ1n) is 8.59. The quantitative estimate of drug-likeness (QED) is 0.492. The minimum atomic E-state index is -4.86. The van der Waals surface area contributed by atoms with Crippen molar-refractivity contribution in [2.45, 2.75) is 24.1 Å². The van der Waals surface area contributed by atoms with Crippen molar-refractivity contribution in [3.8, 4) is 5.75 Å². The SMILES string of the molecule is COC(C(=O)NCCO)=C1CCN(S(=O)(=O)c2ccc(OC(F)(F)F)cc2)CC1. The van der Waals surface area contributed by atoms with Crippen LogP contribution in [0.5, 0.6) is 5.75 Å². The molecule has 29 heavy (non-hydrogen) atoms. The van der Waals surface area contributed by atoms with Crippen molar-refractivity contribution in [1.82, 2.24) is 9.62 Å². The van der Waals surface area contributed by atoms with Crippen LogP contribution in [0.3, 0.4) is 0 Å². The number of benzene rings is 1. The molecule has 2 rings (SSSR count). The lowest BCUT2D eigenvalue weighted by Gasteiger charge is -2.28. The third kappa shape index (κ3) is 6.08. The molecule has 1 aromatic rings. The van der Waals surface area contributed by atoms with Crippen LogP contribution >= 0.6 is 0 Å². The Morgan fingerprint density at radius 1 is 1.21 bits per heavy atom. The number of sulfonamides is 1. The van der Waals surface area contributed by atoms with Gasteiger partial charge in [0.1, 0.15) is 5.75 Å². The summed E-state index contributed by atoms with van der Waals surface area (Å²) < 4.78 is 72.1. The summed E-state index contributed by atoms with van der Waals surface area (Å²) in [6.45, 7) is 0.00162. The third-order valence-electron chi connectivity index (χ3n) is 4.15. The molecule has 12 heteroatoms. The number of carbonyl (C=O) groups excluding carboxylic acids is 1. The van der Waals surface area contributed by atoms with Crippen LogP contribution in [0.15, 0.2) is 40.5 Å². The zero-order valence-electron chi connectivity index (χ0n) is 15.5. The molecule has 8 nitrogen and oxygen atoms in total. The number of amides is 1. The van der Waals surface area contributed by atoms with E-state index in [0.29, 0.717) is 5.57 Å². The van der Waals surface area contributed by atoms with Crippen LogP contribution in [0.1, 0.15) is 12.8 Å². The van der Waals surface area contributed by atoms with Gasteiger partial charge in [0.05, 0.1) is 18.6 Å². The van der Waals surface area contributed by atoms with Crippen LogP contribution in [0.4, 0.5) is 13.2 Å². The number of halogens is 3. The number of hydrogen-bond donors (Lipinski definition) is 2. The topological polar surface area (TPSA) is 105 Å². The smallest absolute Gasteiger partial charge is 0.491 e. The molecule has 162 valence electrons. The first-order chi connectivity index (χ1) is 13.6. The zero-order valence-corrected chi connectivity index (χ0v) is 16.3. The van der Waals surface area contributed by atoms with Crippen molar-refractivity contribution >= 4 is 15.9 Å². The molecule has 0 aliphatic carbocycles. The molecule has 1 aliphatic rings. The fourth-order valence-corrected chi connectivity index (χ4v) is 4.27. The summed E-state index contributed by atoms with van der Waals surface area (Å²) in [5.74, 6) is -0.920. The second-order valence-electron chi connectivity index (χ2n) is 6.04. The van der Waals surface area contributed by atoms with Crippen LogP contribution < -0.4 is 10.1 Å². The molecule has 0 aromatic heterocycles. The lowest BCUT2D eigenvalue weighted by Crippen LogP contribution is -2.37. The predicted molar refractivity (Wildman–Crippen MR) is 95.2 cm³/mol. The van der Waals surface area contributed by atoms with Gasteiger partial charge in [-0.1, -0.05) is 0 Å². The number of alkyl halides is 3. The Hall–Kier alpha value is -2.31. The maximum Gasteiger partial charge on any atom is 0.573 e. The highest BCUT2D eigenvalue weighted by molar-refractivity contribution is 7.89. The Morgan fingerprint density at radius 2 is 1.79 bits per heavy atom. The van der Waals surface area contributed by atoms with Crippen molar-refractivity contribution in [2.75, 3.05) is 33.4 Å². The summed E-state index contributed by atoms with van der Waals surface area (Å²) in [5.41, 5.74) is 0.642. The van der Waals surface area contributed by atoms with E-state index < -0.39 is 28.0 Å². The zero-order chi connectivity index (χ0) is 21.7. The molecule has 1 amide bonds. The van der Waals surface area contributed by atoms with E-state index >= 15 is 0 Å². The number of ether oxygens (including phenoxy) is 2. The molecule has 1 aromatic carbocycles. The lowest BCUT2D eigenvalue weighted by atomic mass is 10.0. The largest absolute Gasteiger partial charge is 0.573 e. The van der Waals surface area contributed by atoms with Gasteiger partial charge in [-0.25, -0.2) is 8.42 Å². The minimum absolute atomic E-state index is 0.0630. The highest BCUT2D eigenvalue weighted by Gasteiger charge is 2.32. The molecule has 0 saturated carbocycles. The average Bonchev–Trinajstić information content (AvgIpc) is 2.66. The van der Waals surface area contributed by atoms with Crippen LogP contribution in [0.2, 0.25) is 0 Å². The van der Waals surface area contributed by atoms with Crippen molar-refractivity contribution in [3.05, 3.63) is 35.6 Å². The average molecular weight is 438 g/mol. The second-order valence-corrected chi connectivity index (χ2v) is 7.98. The van der Waals surface area contributed by atoms with Crippen molar-refractivity contribution in [2.24, 2.45) is 0 Å². The van der Waals surface area contributed by atoms with Crippen molar-refractivity contribution in [1.29, 1.82) is 0 Å². The molecule has 0 atom stereocenters. The van der Waals surface area contributed by atoms with Gasteiger partial charge in [0, 0.05) is 19.6 Å². The van der Waals surface area contributed by atoms with Gasteiger partial charge in [0.2, 0.25) is 10.0 Å². The summed E-state index contributed by atoms with van der Waals surface area (Å²) in [6, 6.07) is 3.96. The number of hydrogen-bond acceptors (Lipinski definition) is 6. The first kappa shape index (κ1) is 23.0. The van der Waals surface area contributed by atoms with Gasteiger partial charge in [0.25, 0.3) is 5.91 Å². The fourth-order valence-electron chi connectivity index (χ4n) is 2.83. The Bertz CT molecular complexity index is 843. The molecule has 0 spiro atoms. The van der Waals surface area contributed by atoms with Crippen LogP contribution in [0.25, 0.3) is 0 Å². The number of nitrogens with one attached hydrogen (secondary N) is 1. The summed E-state index contributed by atoms with van der Waals surface area (Å²) in [4.78, 5) is 11.9. The van der Waals surface area contributed by atoms with Gasteiger partial charge in [-0.3, -0.25) is 4.79 Å². The molecular formula is C17H21F3N2O6S. The maximum absolute atomic E-state index is 12.7. The monoisotopic (exact) mass is 438 g/mol. The normalized spacial score (nSPS) is 15.7. The van der Waals surface area contributed by atoms with E-state index in [1.54, 1.807) is 0 Å². The van der Waals surface area contributed by atoms with E-state index in [2.05, 4.69) is 10.1 Å². The Labute approximate surface area is 166 Å². The van der Waals surface area contributed by atoms with Gasteiger partial charge >= 0.3 is 6.36 Å². The Kier molecular flexibility index (Phi) is 7.49. The molecule has 1 fully saturated rings. The Morgan fingerprint density at radius 3 is 2.28 bits per heavy atom. The number of carbonyl (C=O) groups is 1. The molecule has 2 N–H and O–H groups in total. The van der Waals surface area contributed by atoms with Gasteiger partial charge in [-0.2, -0.15) is 4.31 Å². The molecular weight excluding hydrogens is 417 g/mol. The lowest BCUT2D eigenvalue weighted by molar-refractivity contribution is -0.274. The van der Waals surface area contributed by atoms with E-state index in [1.807, 2.05) is 0 Å². The molecule has 1 saturated heterocycles. The number of methoxy groups -OCH3 is 1. The van der Waals surface area contributed by atoms with E-state index in [0.717, 1.165) is 24.3 Å². The summed E-state index contributed by atoms with van der Waals surface area (Å²) in [6.07, 6.45) is -4.35. The summed E-state index contributed by atoms with van der Waals surface area (Å²) in [5, 5.41) is 11.3. The van der Waals surface area contributed by atoms with Crippen LogP contribution in [-0.4, -0.2) is 63.5 Å². The van der Waals surface area contributed by atoms with Gasteiger partial charge < -0.3 is 19.9 Å². The van der Waals surface area contributed by atoms with Gasteiger partial charge in [-0.05, 0) is 42.7 Å². The standard InChI is InChI=1S/C17H21F3N2O6S/c1-27-15(16(24)21-8-11-23)12-6-9-22(10-7-12)29(25,26)14-4-2-13(3-5-14)28-17(18,19)20/h2-5,23H,6-11H2,1H3,(H,21,24). The van der Waals surface area contributed by atoms with E-state index in [9.17, 15) is 26.4 Å². The van der Waals surface area contributed by atoms with E-state index in [-0.39, 0.29) is 49.7 Å². The van der Waals surface area contributed by atoms with Gasteiger partial charge in [-0.15, -0.1) is 13.2 Å². The summed E-state index contributed by atoms with van der Waals surface area (Å²) >= 11 is 0. The van der Waals surface area contributed by atoms with Crippen molar-refractivity contribution < 1.29 is 41.0 Å². The van der Waals surface area contributed by atoms with Crippen molar-refractivity contribution in [3.63, 3.8) is 0 Å². The number of piperidine rings is 1. The van der Waals surface area contributed by atoms with Crippen LogP contribution in [0, 0.1) is 0 Å².